The number of hydrogen-bond donors (Lipinski definition) is 1. The van der Waals surface area contributed by atoms with Crippen molar-refractivity contribution in [1.29, 1.82) is 0 Å². The molecule has 18 heavy (non-hydrogen) atoms. The van der Waals surface area contributed by atoms with Crippen LogP contribution in [0.4, 0.5) is 0 Å². The number of nitrogens with one attached hydrogen (secondary N) is 1. The predicted molar refractivity (Wildman–Crippen MR) is 83.8 cm³/mol. The molecule has 1 unspecified atom stereocenters. The van der Waals surface area contributed by atoms with Gasteiger partial charge in [0, 0.05) is 0 Å². The molecule has 2 radical (unpaired) electrons. The topological polar surface area (TPSA) is 12.0 Å². The first-order valence-corrected chi connectivity index (χ1v) is 7.54. The molecule has 2 heteroatoms. The smallest absolute Gasteiger partial charge is 0.177 e. The Balaban J connectivity index is 4.20. The third-order valence-corrected chi connectivity index (χ3v) is 3.90. The molecule has 0 saturated heterocycles. The summed E-state index contributed by atoms with van der Waals surface area (Å²) in [5.74, 6) is 1.37. The van der Waals surface area contributed by atoms with Crippen molar-refractivity contribution in [3.63, 3.8) is 0 Å². The standard InChI is InChI=1S/C16H32BN/c1-6-7-8-9-10-11-12-15(14(2)3)16(4,5)13-18-17/h10-11,14-15,18H,6-9,12-13H2,1-5H3/b11-10+. The summed E-state index contributed by atoms with van der Waals surface area (Å²) in [6.07, 6.45) is 11.1. The largest absolute Gasteiger partial charge is 0.366 e. The quantitative estimate of drug-likeness (QED) is 0.342. The summed E-state index contributed by atoms with van der Waals surface area (Å²) >= 11 is 0. The van der Waals surface area contributed by atoms with E-state index >= 15 is 0 Å². The highest BCUT2D eigenvalue weighted by Gasteiger charge is 2.29. The lowest BCUT2D eigenvalue weighted by Crippen LogP contribution is -2.37. The molecule has 1 nitrogen and oxygen atoms in total. The van der Waals surface area contributed by atoms with Gasteiger partial charge in [0.15, 0.2) is 7.98 Å². The van der Waals surface area contributed by atoms with Gasteiger partial charge in [-0.25, -0.2) is 0 Å². The summed E-state index contributed by atoms with van der Waals surface area (Å²) in [5, 5.41) is 2.84. The molecule has 0 aliphatic carbocycles. The Morgan fingerprint density at radius 1 is 1.17 bits per heavy atom. The summed E-state index contributed by atoms with van der Waals surface area (Å²) in [7, 11) is 5.49. The molecule has 0 bridgehead atoms. The second-order valence-electron chi connectivity index (χ2n) is 6.42. The second kappa shape index (κ2) is 9.66. The molecule has 1 N–H and O–H groups in total. The molecule has 0 aromatic heterocycles. The fraction of sp³-hybridized carbons (Fsp3) is 0.875. The minimum Gasteiger partial charge on any atom is -0.366 e. The zero-order chi connectivity index (χ0) is 14.0. The van der Waals surface area contributed by atoms with Crippen LogP contribution in [0, 0.1) is 17.3 Å². The van der Waals surface area contributed by atoms with Gasteiger partial charge < -0.3 is 5.23 Å². The van der Waals surface area contributed by atoms with Crippen LogP contribution < -0.4 is 5.23 Å². The van der Waals surface area contributed by atoms with E-state index in [0.29, 0.717) is 11.8 Å². The zero-order valence-electron chi connectivity index (χ0n) is 13.1. The highest BCUT2D eigenvalue weighted by molar-refractivity contribution is 6.04. The molecule has 0 aromatic rings. The second-order valence-corrected chi connectivity index (χ2v) is 6.42. The molecular formula is C16H32BN. The van der Waals surface area contributed by atoms with E-state index in [9.17, 15) is 0 Å². The van der Waals surface area contributed by atoms with Crippen molar-refractivity contribution < 1.29 is 0 Å². The van der Waals surface area contributed by atoms with Crippen LogP contribution in [-0.4, -0.2) is 14.5 Å². The average Bonchev–Trinajstić information content (AvgIpc) is 2.27. The van der Waals surface area contributed by atoms with Gasteiger partial charge in [0.25, 0.3) is 0 Å². The van der Waals surface area contributed by atoms with Crippen LogP contribution in [0.1, 0.15) is 66.7 Å². The Kier molecular flexibility index (Phi) is 9.54. The Morgan fingerprint density at radius 2 is 1.83 bits per heavy atom. The van der Waals surface area contributed by atoms with Gasteiger partial charge in [0.1, 0.15) is 0 Å². The number of unbranched alkanes of at least 4 members (excludes halogenated alkanes) is 3. The maximum absolute atomic E-state index is 5.49. The third-order valence-electron chi connectivity index (χ3n) is 3.90. The molecule has 0 saturated carbocycles. The SMILES string of the molecule is [B]NCC(C)(C)C(C/C=C/CCCCC)C(C)C. The lowest BCUT2D eigenvalue weighted by molar-refractivity contribution is 0.162. The van der Waals surface area contributed by atoms with E-state index in [1.54, 1.807) is 0 Å². The highest BCUT2D eigenvalue weighted by Crippen LogP contribution is 2.35. The van der Waals surface area contributed by atoms with Crippen molar-refractivity contribution in [2.45, 2.75) is 66.7 Å². The van der Waals surface area contributed by atoms with Crippen molar-refractivity contribution in [3.8, 4) is 0 Å². The number of allylic oxidation sites excluding steroid dienone is 2. The Hall–Kier alpha value is -0.235. The minimum atomic E-state index is 0.247. The van der Waals surface area contributed by atoms with Crippen LogP contribution in [0.15, 0.2) is 12.2 Å². The van der Waals surface area contributed by atoms with Gasteiger partial charge in [-0.05, 0) is 43.1 Å². The zero-order valence-corrected chi connectivity index (χ0v) is 13.1. The first-order chi connectivity index (χ1) is 8.45. The Labute approximate surface area is 116 Å². The lowest BCUT2D eigenvalue weighted by Gasteiger charge is -2.37. The van der Waals surface area contributed by atoms with Gasteiger partial charge in [0.05, 0.1) is 0 Å². The van der Waals surface area contributed by atoms with E-state index in [2.05, 4.69) is 52.0 Å². The van der Waals surface area contributed by atoms with Crippen molar-refractivity contribution in [2.75, 3.05) is 6.54 Å². The molecule has 0 fully saturated rings. The van der Waals surface area contributed by atoms with E-state index < -0.39 is 0 Å². The summed E-state index contributed by atoms with van der Waals surface area (Å²) in [5.41, 5.74) is 0.247. The van der Waals surface area contributed by atoms with E-state index in [0.717, 1.165) is 6.54 Å². The van der Waals surface area contributed by atoms with Crippen molar-refractivity contribution in [2.24, 2.45) is 17.3 Å². The van der Waals surface area contributed by atoms with Crippen LogP contribution in [0.5, 0.6) is 0 Å². The lowest BCUT2D eigenvalue weighted by atomic mass is 9.71. The Morgan fingerprint density at radius 3 is 2.33 bits per heavy atom. The summed E-state index contributed by atoms with van der Waals surface area (Å²) in [6, 6.07) is 0. The monoisotopic (exact) mass is 249 g/mol. The Bertz CT molecular complexity index is 221. The minimum absolute atomic E-state index is 0.247. The summed E-state index contributed by atoms with van der Waals surface area (Å²) < 4.78 is 0. The van der Waals surface area contributed by atoms with Gasteiger partial charge >= 0.3 is 0 Å². The first-order valence-electron chi connectivity index (χ1n) is 7.54. The van der Waals surface area contributed by atoms with Crippen LogP contribution in [0.2, 0.25) is 0 Å². The molecule has 0 aliphatic heterocycles. The normalized spacial score (nSPS) is 14.6. The maximum atomic E-state index is 5.49. The van der Waals surface area contributed by atoms with Crippen molar-refractivity contribution in [3.05, 3.63) is 12.2 Å². The summed E-state index contributed by atoms with van der Waals surface area (Å²) in [4.78, 5) is 0. The number of hydrogen-bond acceptors (Lipinski definition) is 1. The van der Waals surface area contributed by atoms with Gasteiger partial charge in [-0.15, -0.1) is 0 Å². The molecule has 0 aromatic carbocycles. The van der Waals surface area contributed by atoms with Gasteiger partial charge in [-0.1, -0.05) is 59.6 Å². The molecule has 0 amide bonds. The maximum Gasteiger partial charge on any atom is 0.177 e. The van der Waals surface area contributed by atoms with Crippen LogP contribution in [0.3, 0.4) is 0 Å². The molecule has 104 valence electrons. The van der Waals surface area contributed by atoms with Crippen LogP contribution in [0.25, 0.3) is 0 Å². The average molecular weight is 249 g/mol. The molecule has 0 spiro atoms. The highest BCUT2D eigenvalue weighted by atomic mass is 14.8. The van der Waals surface area contributed by atoms with E-state index in [4.69, 9.17) is 7.98 Å². The van der Waals surface area contributed by atoms with Crippen LogP contribution in [-0.2, 0) is 0 Å². The van der Waals surface area contributed by atoms with Crippen molar-refractivity contribution >= 4 is 7.98 Å². The van der Waals surface area contributed by atoms with Gasteiger partial charge in [-0.2, -0.15) is 0 Å². The molecule has 0 heterocycles. The first kappa shape index (κ1) is 17.8. The van der Waals surface area contributed by atoms with Gasteiger partial charge in [-0.3, -0.25) is 0 Å². The molecule has 0 rings (SSSR count). The molecule has 1 atom stereocenters. The third kappa shape index (κ3) is 7.26. The van der Waals surface area contributed by atoms with E-state index in [1.807, 2.05) is 0 Å². The predicted octanol–water partition coefficient (Wildman–Crippen LogP) is 4.48. The van der Waals surface area contributed by atoms with E-state index in [-0.39, 0.29) is 5.41 Å². The molecular weight excluding hydrogens is 217 g/mol. The van der Waals surface area contributed by atoms with Crippen molar-refractivity contribution in [1.82, 2.24) is 5.23 Å². The van der Waals surface area contributed by atoms with Gasteiger partial charge in [0.2, 0.25) is 0 Å². The molecule has 0 aliphatic rings. The van der Waals surface area contributed by atoms with Crippen LogP contribution >= 0.6 is 0 Å². The number of rotatable bonds is 10. The fourth-order valence-electron chi connectivity index (χ4n) is 2.76. The summed E-state index contributed by atoms with van der Waals surface area (Å²) in [6.45, 7) is 12.4. The van der Waals surface area contributed by atoms with E-state index in [1.165, 1.54) is 32.1 Å². The fourth-order valence-corrected chi connectivity index (χ4v) is 2.76.